The average molecular weight is 389 g/mol. The van der Waals surface area contributed by atoms with Gasteiger partial charge in [0.1, 0.15) is 12.1 Å². The normalized spacial score (nSPS) is 10.7. The summed E-state index contributed by atoms with van der Waals surface area (Å²) in [5, 5.41) is 15.3. The van der Waals surface area contributed by atoms with Crippen molar-refractivity contribution >= 4 is 11.6 Å². The maximum Gasteiger partial charge on any atom is 0.259 e. The van der Waals surface area contributed by atoms with Crippen LogP contribution in [0.25, 0.3) is 5.82 Å². The van der Waals surface area contributed by atoms with Crippen molar-refractivity contribution in [1.29, 1.82) is 0 Å². The van der Waals surface area contributed by atoms with Gasteiger partial charge in [0, 0.05) is 36.9 Å². The Morgan fingerprint density at radius 3 is 2.45 bits per heavy atom. The molecule has 0 unspecified atom stereocenters. The molecule has 1 amide bonds. The Morgan fingerprint density at radius 1 is 1.07 bits per heavy atom. The van der Waals surface area contributed by atoms with Crippen molar-refractivity contribution in [1.82, 2.24) is 29.5 Å². The first kappa shape index (κ1) is 18.4. The summed E-state index contributed by atoms with van der Waals surface area (Å²) in [4.78, 5) is 16.5. The van der Waals surface area contributed by atoms with Gasteiger partial charge in [-0.15, -0.1) is 10.2 Å². The number of nitrogens with zero attached hydrogens (tertiary/aromatic N) is 6. The molecular weight excluding hydrogens is 370 g/mol. The van der Waals surface area contributed by atoms with Crippen LogP contribution < -0.4 is 10.1 Å². The third-order valence-corrected chi connectivity index (χ3v) is 4.47. The van der Waals surface area contributed by atoms with Crippen LogP contribution in [0.15, 0.2) is 55.1 Å². The fourth-order valence-corrected chi connectivity index (χ4v) is 2.92. The Labute approximate surface area is 167 Å². The molecule has 1 aromatic carbocycles. The number of rotatable bonds is 5. The Balaban J connectivity index is 1.42. The monoisotopic (exact) mass is 389 g/mol. The highest BCUT2D eigenvalue weighted by molar-refractivity contribution is 6.05. The summed E-state index contributed by atoms with van der Waals surface area (Å²) in [6, 6.07) is 10.6. The van der Waals surface area contributed by atoms with Crippen LogP contribution in [-0.4, -0.2) is 35.4 Å². The third kappa shape index (κ3) is 3.84. The molecule has 4 rings (SSSR count). The molecule has 9 heteroatoms. The SMILES string of the molecule is Cc1nn(C)c(C)c1C(=O)Nc1ccc(Oc2ccc(-n3ccnc3)nn2)cc1. The topological polar surface area (TPSA) is 99.8 Å². The maximum absolute atomic E-state index is 12.6. The highest BCUT2D eigenvalue weighted by Gasteiger charge is 2.17. The molecule has 0 saturated carbocycles. The van der Waals surface area contributed by atoms with Gasteiger partial charge in [0.15, 0.2) is 5.82 Å². The van der Waals surface area contributed by atoms with Crippen LogP contribution in [0, 0.1) is 13.8 Å². The van der Waals surface area contributed by atoms with Gasteiger partial charge in [-0.1, -0.05) is 0 Å². The molecule has 0 spiro atoms. The van der Waals surface area contributed by atoms with E-state index in [9.17, 15) is 4.79 Å². The molecule has 3 aromatic heterocycles. The molecule has 4 aromatic rings. The van der Waals surface area contributed by atoms with Crippen LogP contribution >= 0.6 is 0 Å². The second-order valence-corrected chi connectivity index (χ2v) is 6.45. The average Bonchev–Trinajstić information content (AvgIpc) is 3.33. The number of anilines is 1. The number of carbonyl (C=O) groups excluding carboxylic acids is 1. The van der Waals surface area contributed by atoms with E-state index in [-0.39, 0.29) is 5.91 Å². The zero-order chi connectivity index (χ0) is 20.4. The number of aryl methyl sites for hydroxylation is 2. The summed E-state index contributed by atoms with van der Waals surface area (Å²) >= 11 is 0. The van der Waals surface area contributed by atoms with Gasteiger partial charge in [0.2, 0.25) is 5.88 Å². The zero-order valence-electron chi connectivity index (χ0n) is 16.2. The van der Waals surface area contributed by atoms with E-state index in [0.29, 0.717) is 34.4 Å². The molecule has 0 radical (unpaired) electrons. The van der Waals surface area contributed by atoms with Crippen molar-refractivity contribution in [2.24, 2.45) is 7.05 Å². The van der Waals surface area contributed by atoms with Crippen LogP contribution in [0.5, 0.6) is 11.6 Å². The lowest BCUT2D eigenvalue weighted by Crippen LogP contribution is -2.14. The molecule has 1 N–H and O–H groups in total. The molecule has 146 valence electrons. The fraction of sp³-hybridized carbons (Fsp3) is 0.150. The molecule has 0 saturated heterocycles. The van der Waals surface area contributed by atoms with Crippen molar-refractivity contribution in [3.05, 3.63) is 72.1 Å². The summed E-state index contributed by atoms with van der Waals surface area (Å²) < 4.78 is 9.16. The second kappa shape index (κ2) is 7.55. The smallest absolute Gasteiger partial charge is 0.259 e. The molecular formula is C20H19N7O2. The van der Waals surface area contributed by atoms with Crippen molar-refractivity contribution in [3.8, 4) is 17.4 Å². The first-order valence-corrected chi connectivity index (χ1v) is 8.93. The van der Waals surface area contributed by atoms with E-state index in [1.54, 1.807) is 64.4 Å². The lowest BCUT2D eigenvalue weighted by Gasteiger charge is -2.08. The number of hydrogen-bond donors (Lipinski definition) is 1. The van der Waals surface area contributed by atoms with Crippen molar-refractivity contribution in [2.45, 2.75) is 13.8 Å². The molecule has 0 aliphatic carbocycles. The van der Waals surface area contributed by atoms with Gasteiger partial charge in [-0.3, -0.25) is 14.0 Å². The number of imidazole rings is 1. The Bertz CT molecular complexity index is 1130. The summed E-state index contributed by atoms with van der Waals surface area (Å²) in [6.45, 7) is 3.68. The van der Waals surface area contributed by atoms with Crippen LogP contribution in [0.4, 0.5) is 5.69 Å². The number of carbonyl (C=O) groups is 1. The van der Waals surface area contributed by atoms with Crippen molar-refractivity contribution < 1.29 is 9.53 Å². The van der Waals surface area contributed by atoms with Crippen LogP contribution in [0.3, 0.4) is 0 Å². The third-order valence-electron chi connectivity index (χ3n) is 4.47. The van der Waals surface area contributed by atoms with Gasteiger partial charge in [-0.25, -0.2) is 4.98 Å². The predicted octanol–water partition coefficient (Wildman–Crippen LogP) is 3.06. The number of benzene rings is 1. The van der Waals surface area contributed by atoms with E-state index in [0.717, 1.165) is 5.69 Å². The minimum absolute atomic E-state index is 0.192. The summed E-state index contributed by atoms with van der Waals surface area (Å²) in [5.41, 5.74) is 2.76. The molecule has 3 heterocycles. The van der Waals surface area contributed by atoms with Gasteiger partial charge >= 0.3 is 0 Å². The van der Waals surface area contributed by atoms with E-state index in [1.807, 2.05) is 20.9 Å². The molecule has 0 fully saturated rings. The van der Waals surface area contributed by atoms with Gasteiger partial charge < -0.3 is 10.1 Å². The molecule has 29 heavy (non-hydrogen) atoms. The molecule has 0 aliphatic rings. The Morgan fingerprint density at radius 2 is 1.86 bits per heavy atom. The number of nitrogens with one attached hydrogen (secondary N) is 1. The van der Waals surface area contributed by atoms with Crippen LogP contribution in [-0.2, 0) is 7.05 Å². The van der Waals surface area contributed by atoms with Gasteiger partial charge in [0.05, 0.1) is 11.3 Å². The standard InChI is InChI=1S/C20H19N7O2/c1-13-19(14(2)26(3)25-13)20(28)22-15-4-6-16(7-5-15)29-18-9-8-17(23-24-18)27-11-10-21-12-27/h4-12H,1-3H3,(H,22,28). The molecule has 9 nitrogen and oxygen atoms in total. The minimum atomic E-state index is -0.192. The number of ether oxygens (including phenoxy) is 1. The Kier molecular flexibility index (Phi) is 4.78. The maximum atomic E-state index is 12.6. The van der Waals surface area contributed by atoms with Crippen molar-refractivity contribution in [3.63, 3.8) is 0 Å². The molecule has 0 aliphatic heterocycles. The summed E-state index contributed by atoms with van der Waals surface area (Å²) in [6.07, 6.45) is 5.10. The second-order valence-electron chi connectivity index (χ2n) is 6.45. The zero-order valence-corrected chi connectivity index (χ0v) is 16.2. The first-order chi connectivity index (χ1) is 14.0. The lowest BCUT2D eigenvalue weighted by molar-refractivity contribution is 0.102. The van der Waals surface area contributed by atoms with Crippen LogP contribution in [0.2, 0.25) is 0 Å². The molecule has 0 atom stereocenters. The van der Waals surface area contributed by atoms with E-state index in [2.05, 4.69) is 25.6 Å². The lowest BCUT2D eigenvalue weighted by atomic mass is 10.2. The van der Waals surface area contributed by atoms with Gasteiger partial charge in [0.25, 0.3) is 5.91 Å². The first-order valence-electron chi connectivity index (χ1n) is 8.93. The molecule has 0 bridgehead atoms. The predicted molar refractivity (Wildman–Crippen MR) is 106 cm³/mol. The largest absolute Gasteiger partial charge is 0.438 e. The van der Waals surface area contributed by atoms with Gasteiger partial charge in [-0.05, 0) is 44.2 Å². The van der Waals surface area contributed by atoms with E-state index in [4.69, 9.17) is 4.74 Å². The van der Waals surface area contributed by atoms with E-state index >= 15 is 0 Å². The number of amides is 1. The fourth-order valence-electron chi connectivity index (χ4n) is 2.92. The number of hydrogen-bond acceptors (Lipinski definition) is 6. The Hall–Kier alpha value is -4.01. The quantitative estimate of drug-likeness (QED) is 0.563. The summed E-state index contributed by atoms with van der Waals surface area (Å²) in [7, 11) is 1.82. The van der Waals surface area contributed by atoms with Gasteiger partial charge in [-0.2, -0.15) is 5.10 Å². The van der Waals surface area contributed by atoms with E-state index in [1.165, 1.54) is 0 Å². The van der Waals surface area contributed by atoms with Crippen LogP contribution in [0.1, 0.15) is 21.7 Å². The highest BCUT2D eigenvalue weighted by Crippen LogP contribution is 2.22. The van der Waals surface area contributed by atoms with Crippen molar-refractivity contribution in [2.75, 3.05) is 5.32 Å². The summed E-state index contributed by atoms with van der Waals surface area (Å²) in [5.74, 6) is 1.41. The minimum Gasteiger partial charge on any atom is -0.438 e. The highest BCUT2D eigenvalue weighted by atomic mass is 16.5. The van der Waals surface area contributed by atoms with E-state index < -0.39 is 0 Å². The number of aromatic nitrogens is 6.